The van der Waals surface area contributed by atoms with Crippen molar-refractivity contribution >= 4 is 28.4 Å². The minimum absolute atomic E-state index is 0.521. The minimum Gasteiger partial charge on any atom is -0.475 e. The number of para-hydroxylation sites is 1. The quantitative estimate of drug-likeness (QED) is 0.430. The number of carbonyl (C=O) groups is 1. The van der Waals surface area contributed by atoms with Crippen LogP contribution in [0.4, 0.5) is 24.7 Å². The third kappa shape index (κ3) is 5.75. The van der Waals surface area contributed by atoms with Gasteiger partial charge >= 0.3 is 12.1 Å². The Morgan fingerprint density at radius 1 is 1.12 bits per heavy atom. The number of anilines is 2. The Morgan fingerprint density at radius 2 is 1.78 bits per heavy atom. The number of aliphatic carboxylic acids is 1. The highest BCUT2D eigenvalue weighted by Gasteiger charge is 2.38. The van der Waals surface area contributed by atoms with Gasteiger partial charge in [0, 0.05) is 42.5 Å². The van der Waals surface area contributed by atoms with Gasteiger partial charge in [0.2, 0.25) is 0 Å². The number of nitrogens with zero attached hydrogens (tertiary/aromatic N) is 3. The van der Waals surface area contributed by atoms with Gasteiger partial charge in [-0.2, -0.15) is 18.3 Å². The molecule has 0 unspecified atom stereocenters. The van der Waals surface area contributed by atoms with Crippen molar-refractivity contribution in [1.82, 2.24) is 14.8 Å². The van der Waals surface area contributed by atoms with E-state index in [9.17, 15) is 13.2 Å². The van der Waals surface area contributed by atoms with Gasteiger partial charge in [0.25, 0.3) is 0 Å². The van der Waals surface area contributed by atoms with Crippen LogP contribution in [0.5, 0.6) is 0 Å². The van der Waals surface area contributed by atoms with Gasteiger partial charge in [-0.05, 0) is 17.2 Å². The predicted molar refractivity (Wildman–Crippen MR) is 116 cm³/mol. The minimum atomic E-state index is -5.08. The van der Waals surface area contributed by atoms with E-state index in [0.717, 1.165) is 34.3 Å². The number of nitrogens with one attached hydrogen (secondary N) is 1. The van der Waals surface area contributed by atoms with Gasteiger partial charge in [-0.3, -0.25) is 4.68 Å². The Bertz CT molecular complexity index is 1220. The van der Waals surface area contributed by atoms with Gasteiger partial charge in [-0.1, -0.05) is 42.5 Å². The smallest absolute Gasteiger partial charge is 0.475 e. The van der Waals surface area contributed by atoms with Gasteiger partial charge in [-0.15, -0.1) is 0 Å². The van der Waals surface area contributed by atoms with Crippen LogP contribution in [0.3, 0.4) is 0 Å². The number of carboxylic acid groups (broad SMARTS) is 1. The SMILES string of the molecule is Cn1cc(-c2ccc(CNc3cc(N)nc4ccccc34)cc2)cn1.O=C(O)C(F)(F)F. The number of fused-ring (bicyclic) bond motifs is 1. The molecule has 0 fully saturated rings. The highest BCUT2D eigenvalue weighted by molar-refractivity contribution is 5.92. The van der Waals surface area contributed by atoms with Crippen molar-refractivity contribution in [3.63, 3.8) is 0 Å². The summed E-state index contributed by atoms with van der Waals surface area (Å²) >= 11 is 0. The number of hydrogen-bond acceptors (Lipinski definition) is 5. The van der Waals surface area contributed by atoms with Crippen molar-refractivity contribution in [3.05, 3.63) is 72.6 Å². The van der Waals surface area contributed by atoms with E-state index in [1.54, 1.807) is 0 Å². The maximum atomic E-state index is 10.6. The topological polar surface area (TPSA) is 106 Å². The van der Waals surface area contributed by atoms with E-state index in [-0.39, 0.29) is 0 Å². The number of nitrogen functional groups attached to an aromatic ring is 1. The second-order valence-corrected chi connectivity index (χ2v) is 6.87. The third-order valence-electron chi connectivity index (χ3n) is 4.45. The molecule has 7 nitrogen and oxygen atoms in total. The molecule has 0 saturated heterocycles. The van der Waals surface area contributed by atoms with E-state index in [1.807, 2.05) is 48.4 Å². The Morgan fingerprint density at radius 3 is 2.38 bits per heavy atom. The predicted octanol–water partition coefficient (Wildman–Crippen LogP) is 4.46. The molecule has 0 saturated carbocycles. The summed E-state index contributed by atoms with van der Waals surface area (Å²) in [5, 5.41) is 15.9. The Labute approximate surface area is 181 Å². The van der Waals surface area contributed by atoms with Crippen molar-refractivity contribution < 1.29 is 23.1 Å². The molecule has 4 N–H and O–H groups in total. The molecule has 0 amide bonds. The fourth-order valence-corrected chi connectivity index (χ4v) is 2.92. The summed E-state index contributed by atoms with van der Waals surface area (Å²) in [5.74, 6) is -2.24. The average Bonchev–Trinajstić information content (AvgIpc) is 3.18. The second kappa shape index (κ2) is 9.38. The first-order chi connectivity index (χ1) is 15.1. The van der Waals surface area contributed by atoms with E-state index < -0.39 is 12.1 Å². The zero-order valence-electron chi connectivity index (χ0n) is 17.0. The first-order valence-corrected chi connectivity index (χ1v) is 9.40. The zero-order valence-corrected chi connectivity index (χ0v) is 17.0. The number of halogens is 3. The van der Waals surface area contributed by atoms with Crippen LogP contribution in [0.25, 0.3) is 22.0 Å². The van der Waals surface area contributed by atoms with Gasteiger partial charge in [-0.25, -0.2) is 9.78 Å². The molecule has 0 atom stereocenters. The van der Waals surface area contributed by atoms with E-state index in [0.29, 0.717) is 5.82 Å². The van der Waals surface area contributed by atoms with Gasteiger partial charge < -0.3 is 16.2 Å². The molecule has 4 rings (SSSR count). The average molecular weight is 443 g/mol. The molecule has 2 aromatic carbocycles. The van der Waals surface area contributed by atoms with E-state index in [2.05, 4.69) is 45.7 Å². The third-order valence-corrected chi connectivity index (χ3v) is 4.45. The van der Waals surface area contributed by atoms with Crippen molar-refractivity contribution in [2.24, 2.45) is 7.05 Å². The van der Waals surface area contributed by atoms with Crippen molar-refractivity contribution in [1.29, 1.82) is 0 Å². The van der Waals surface area contributed by atoms with Crippen LogP contribution >= 0.6 is 0 Å². The van der Waals surface area contributed by atoms with Crippen LogP contribution in [-0.2, 0) is 18.4 Å². The van der Waals surface area contributed by atoms with Crippen LogP contribution < -0.4 is 11.1 Å². The molecule has 0 spiro atoms. The fraction of sp³-hybridized carbons (Fsp3) is 0.136. The van der Waals surface area contributed by atoms with E-state index >= 15 is 0 Å². The standard InChI is InChI=1S/C20H19N5.C2HF3O2/c1-25-13-16(12-23-25)15-8-6-14(7-9-15)11-22-19-10-20(21)24-18-5-3-2-4-17(18)19;3-2(4,5)1(6)7/h2-10,12-13H,11H2,1H3,(H3,21,22,24);(H,6,7). The maximum absolute atomic E-state index is 10.6. The Hall–Kier alpha value is -4.08. The molecule has 0 radical (unpaired) electrons. The lowest BCUT2D eigenvalue weighted by molar-refractivity contribution is -0.192. The van der Waals surface area contributed by atoms with E-state index in [1.165, 1.54) is 5.56 Å². The lowest BCUT2D eigenvalue weighted by Gasteiger charge is -2.11. The lowest BCUT2D eigenvalue weighted by atomic mass is 10.1. The van der Waals surface area contributed by atoms with Crippen molar-refractivity contribution in [2.75, 3.05) is 11.1 Å². The van der Waals surface area contributed by atoms with Gasteiger partial charge in [0.05, 0.1) is 11.7 Å². The number of carboxylic acids is 1. The largest absolute Gasteiger partial charge is 0.490 e. The molecule has 166 valence electrons. The molecular formula is C22H20F3N5O2. The fourth-order valence-electron chi connectivity index (χ4n) is 2.92. The van der Waals surface area contributed by atoms with Crippen molar-refractivity contribution in [3.8, 4) is 11.1 Å². The first-order valence-electron chi connectivity index (χ1n) is 9.40. The summed E-state index contributed by atoms with van der Waals surface area (Å²) in [7, 11) is 1.92. The molecule has 0 aliphatic carbocycles. The van der Waals surface area contributed by atoms with Crippen LogP contribution in [0.15, 0.2) is 67.0 Å². The van der Waals surface area contributed by atoms with Crippen LogP contribution in [0.2, 0.25) is 0 Å². The highest BCUT2D eigenvalue weighted by atomic mass is 19.4. The van der Waals surface area contributed by atoms with E-state index in [4.69, 9.17) is 15.6 Å². The number of benzene rings is 2. The van der Waals surface area contributed by atoms with Gasteiger partial charge in [0.1, 0.15) is 5.82 Å². The van der Waals surface area contributed by atoms with Gasteiger partial charge in [0.15, 0.2) is 0 Å². The summed E-state index contributed by atoms with van der Waals surface area (Å²) in [6.45, 7) is 0.723. The Balaban J connectivity index is 0.000000360. The molecule has 10 heteroatoms. The monoisotopic (exact) mass is 443 g/mol. The summed E-state index contributed by atoms with van der Waals surface area (Å²) in [5.41, 5.74) is 11.3. The number of rotatable bonds is 4. The number of pyridine rings is 1. The molecule has 4 aromatic rings. The Kier molecular flexibility index (Phi) is 6.62. The lowest BCUT2D eigenvalue weighted by Crippen LogP contribution is -2.21. The molecule has 32 heavy (non-hydrogen) atoms. The van der Waals surface area contributed by atoms with Crippen LogP contribution in [0, 0.1) is 0 Å². The number of aromatic nitrogens is 3. The summed E-state index contributed by atoms with van der Waals surface area (Å²) in [6, 6.07) is 18.4. The van der Waals surface area contributed by atoms with Crippen molar-refractivity contribution in [2.45, 2.75) is 12.7 Å². The van der Waals surface area contributed by atoms with Crippen LogP contribution in [0.1, 0.15) is 5.56 Å². The molecule has 0 aliphatic heterocycles. The molecule has 0 bridgehead atoms. The zero-order chi connectivity index (χ0) is 23.3. The summed E-state index contributed by atoms with van der Waals surface area (Å²) in [4.78, 5) is 13.3. The first kappa shape index (κ1) is 22.6. The number of hydrogen-bond donors (Lipinski definition) is 3. The highest BCUT2D eigenvalue weighted by Crippen LogP contribution is 2.25. The molecular weight excluding hydrogens is 423 g/mol. The number of alkyl halides is 3. The number of aryl methyl sites for hydroxylation is 1. The molecule has 0 aliphatic rings. The molecule has 2 aromatic heterocycles. The summed E-state index contributed by atoms with van der Waals surface area (Å²) < 4.78 is 33.5. The summed E-state index contributed by atoms with van der Waals surface area (Å²) in [6.07, 6.45) is -1.20. The van der Waals surface area contributed by atoms with Crippen LogP contribution in [-0.4, -0.2) is 32.0 Å². The normalized spacial score (nSPS) is 11.0. The molecule has 2 heterocycles. The number of nitrogens with two attached hydrogens (primary N) is 1. The second-order valence-electron chi connectivity index (χ2n) is 6.87. The maximum Gasteiger partial charge on any atom is 0.490 e.